The van der Waals surface area contributed by atoms with Gasteiger partial charge in [-0.15, -0.1) is 17.9 Å². The summed E-state index contributed by atoms with van der Waals surface area (Å²) in [6, 6.07) is 11.7. The molecule has 0 aliphatic heterocycles. The van der Waals surface area contributed by atoms with Crippen LogP contribution in [-0.2, 0) is 16.1 Å². The third kappa shape index (κ3) is 4.49. The number of thiophene rings is 1. The van der Waals surface area contributed by atoms with Gasteiger partial charge in [0.25, 0.3) is 5.56 Å². The molecule has 7 nitrogen and oxygen atoms in total. The monoisotopic (exact) mass is 414 g/mol. The molecule has 0 radical (unpaired) electrons. The molecule has 3 N–H and O–H groups in total. The number of allylic oxidation sites excluding steroid dienone is 1. The topological polar surface area (TPSA) is 107 Å². The second kappa shape index (κ2) is 8.85. The van der Waals surface area contributed by atoms with Crippen molar-refractivity contribution in [3.63, 3.8) is 0 Å². The first-order chi connectivity index (χ1) is 13.5. The number of nitrogens with zero attached hydrogens (tertiary/aromatic N) is 2. The molecular weight excluding hydrogens is 396 g/mol. The molecule has 2 heterocycles. The van der Waals surface area contributed by atoms with Crippen molar-refractivity contribution in [3.05, 3.63) is 59.4 Å². The smallest absolute Gasteiger partial charge is 0.272 e. The molecule has 0 aliphatic carbocycles. The highest BCUT2D eigenvalue weighted by Gasteiger charge is 2.16. The number of benzene rings is 1. The molecule has 2 amide bonds. The Bertz CT molecular complexity index is 1090. The molecule has 28 heavy (non-hydrogen) atoms. The molecule has 0 fully saturated rings. The van der Waals surface area contributed by atoms with Crippen LogP contribution in [0.5, 0.6) is 0 Å². The van der Waals surface area contributed by atoms with Crippen molar-refractivity contribution in [2.24, 2.45) is 5.73 Å². The van der Waals surface area contributed by atoms with Crippen LogP contribution in [-0.4, -0.2) is 33.7 Å². The second-order valence-electron chi connectivity index (χ2n) is 5.82. The molecule has 0 bridgehead atoms. The fourth-order valence-corrected chi connectivity index (χ4v) is 4.39. The number of nitrogens with two attached hydrogens (primary N) is 1. The van der Waals surface area contributed by atoms with E-state index in [1.165, 1.54) is 15.9 Å². The Hall–Kier alpha value is -2.91. The predicted octanol–water partition coefficient (Wildman–Crippen LogP) is 2.00. The van der Waals surface area contributed by atoms with E-state index in [4.69, 9.17) is 5.73 Å². The molecular formula is C19H18N4O3S2. The van der Waals surface area contributed by atoms with Gasteiger partial charge in [-0.2, -0.15) is 0 Å². The first kappa shape index (κ1) is 19.8. The number of hydrogen-bond acceptors (Lipinski definition) is 6. The molecule has 2 aromatic heterocycles. The Kier molecular flexibility index (Phi) is 6.27. The summed E-state index contributed by atoms with van der Waals surface area (Å²) in [5, 5.41) is 2.83. The number of primary amides is 1. The van der Waals surface area contributed by atoms with Crippen LogP contribution < -0.4 is 16.6 Å². The summed E-state index contributed by atoms with van der Waals surface area (Å²) in [7, 11) is 0. The fraction of sp³-hybridized carbons (Fsp3) is 0.158. The van der Waals surface area contributed by atoms with Gasteiger partial charge < -0.3 is 11.1 Å². The lowest BCUT2D eigenvalue weighted by Gasteiger charge is -2.09. The Morgan fingerprint density at radius 1 is 1.32 bits per heavy atom. The van der Waals surface area contributed by atoms with Gasteiger partial charge in [0.05, 0.1) is 17.8 Å². The molecule has 144 valence electrons. The minimum absolute atomic E-state index is 0.0120. The summed E-state index contributed by atoms with van der Waals surface area (Å²) < 4.78 is 2.05. The maximum Gasteiger partial charge on any atom is 0.272 e. The number of carbonyl (C=O) groups excluding carboxylic acids is 2. The van der Waals surface area contributed by atoms with Crippen molar-refractivity contribution in [3.8, 4) is 10.4 Å². The maximum atomic E-state index is 13.0. The van der Waals surface area contributed by atoms with Gasteiger partial charge in [0.2, 0.25) is 11.8 Å². The van der Waals surface area contributed by atoms with E-state index in [9.17, 15) is 14.4 Å². The zero-order chi connectivity index (χ0) is 20.1. The zero-order valence-corrected chi connectivity index (χ0v) is 16.5. The van der Waals surface area contributed by atoms with Crippen molar-refractivity contribution in [1.82, 2.24) is 14.9 Å². The van der Waals surface area contributed by atoms with E-state index >= 15 is 0 Å². The number of fused-ring (bicyclic) bond motifs is 1. The Morgan fingerprint density at radius 2 is 2.07 bits per heavy atom. The Balaban J connectivity index is 1.94. The average Bonchev–Trinajstić information content (AvgIpc) is 3.12. The van der Waals surface area contributed by atoms with E-state index in [1.54, 1.807) is 6.08 Å². The normalized spacial score (nSPS) is 10.7. The van der Waals surface area contributed by atoms with Crippen LogP contribution in [0.1, 0.15) is 0 Å². The summed E-state index contributed by atoms with van der Waals surface area (Å²) in [6.07, 6.45) is 1.61. The van der Waals surface area contributed by atoms with Gasteiger partial charge in [-0.25, -0.2) is 4.98 Å². The fourth-order valence-electron chi connectivity index (χ4n) is 2.50. The van der Waals surface area contributed by atoms with E-state index in [1.807, 2.05) is 36.4 Å². The summed E-state index contributed by atoms with van der Waals surface area (Å²) in [4.78, 5) is 41.1. The lowest BCUT2D eigenvalue weighted by Crippen LogP contribution is -2.34. The molecule has 9 heteroatoms. The van der Waals surface area contributed by atoms with Crippen LogP contribution in [0.25, 0.3) is 20.7 Å². The van der Waals surface area contributed by atoms with Crippen molar-refractivity contribution in [2.45, 2.75) is 11.7 Å². The maximum absolute atomic E-state index is 13.0. The molecule has 0 unspecified atom stereocenters. The number of carbonyl (C=O) groups is 2. The third-order valence-electron chi connectivity index (χ3n) is 3.76. The summed E-state index contributed by atoms with van der Waals surface area (Å²) in [6.45, 7) is 3.75. The Morgan fingerprint density at radius 3 is 2.75 bits per heavy atom. The highest BCUT2D eigenvalue weighted by atomic mass is 32.2. The van der Waals surface area contributed by atoms with Crippen molar-refractivity contribution >= 4 is 45.1 Å². The minimum Gasteiger partial charge on any atom is -0.368 e. The third-order valence-corrected chi connectivity index (χ3v) is 5.90. The van der Waals surface area contributed by atoms with Crippen molar-refractivity contribution < 1.29 is 9.59 Å². The van der Waals surface area contributed by atoms with Gasteiger partial charge in [-0.05, 0) is 11.6 Å². The number of hydrogen-bond donors (Lipinski definition) is 2. The predicted molar refractivity (Wildman–Crippen MR) is 112 cm³/mol. The van der Waals surface area contributed by atoms with E-state index in [0.29, 0.717) is 15.4 Å². The van der Waals surface area contributed by atoms with Gasteiger partial charge >= 0.3 is 0 Å². The second-order valence-corrected chi connectivity index (χ2v) is 7.82. The van der Waals surface area contributed by atoms with Gasteiger partial charge in [0.15, 0.2) is 5.16 Å². The van der Waals surface area contributed by atoms with Gasteiger partial charge in [-0.1, -0.05) is 48.2 Å². The van der Waals surface area contributed by atoms with Crippen molar-refractivity contribution in [1.29, 1.82) is 0 Å². The number of aromatic nitrogens is 2. The summed E-state index contributed by atoms with van der Waals surface area (Å²) in [5.41, 5.74) is 6.45. The van der Waals surface area contributed by atoms with Crippen LogP contribution in [0.2, 0.25) is 0 Å². The quantitative estimate of drug-likeness (QED) is 0.333. The molecule has 0 saturated heterocycles. The molecule has 0 saturated carbocycles. The number of thioether (sulfide) groups is 1. The first-order valence-electron chi connectivity index (χ1n) is 8.38. The van der Waals surface area contributed by atoms with E-state index in [0.717, 1.165) is 22.2 Å². The first-order valence-corrected chi connectivity index (χ1v) is 10.2. The molecule has 0 atom stereocenters. The van der Waals surface area contributed by atoms with E-state index < -0.39 is 5.91 Å². The lowest BCUT2D eigenvalue weighted by atomic mass is 10.2. The average molecular weight is 415 g/mol. The number of rotatable bonds is 8. The highest BCUT2D eigenvalue weighted by molar-refractivity contribution is 7.99. The molecule has 3 rings (SSSR count). The molecule has 0 aliphatic rings. The van der Waals surface area contributed by atoms with Crippen LogP contribution in [0.15, 0.2) is 59.0 Å². The lowest BCUT2D eigenvalue weighted by molar-refractivity contribution is -0.123. The van der Waals surface area contributed by atoms with Crippen LogP contribution in [0.4, 0.5) is 0 Å². The van der Waals surface area contributed by atoms with Gasteiger partial charge in [0.1, 0.15) is 4.70 Å². The standard InChI is InChI=1S/C19H18N4O3S2/c1-2-8-23-18(26)17-13(9-14(28-17)12-6-4-3-5-7-12)22-19(23)27-11-16(25)21-10-15(20)24/h2-7,9H,1,8,10-11H2,(H2,20,24)(H,21,25). The SMILES string of the molecule is C=CCn1c(SCC(=O)NCC(N)=O)nc2cc(-c3ccccc3)sc2c1=O. The van der Waals surface area contributed by atoms with Crippen molar-refractivity contribution in [2.75, 3.05) is 12.3 Å². The molecule has 0 spiro atoms. The molecule has 3 aromatic rings. The zero-order valence-electron chi connectivity index (χ0n) is 14.9. The van der Waals surface area contributed by atoms with Gasteiger partial charge in [0, 0.05) is 11.4 Å². The highest BCUT2D eigenvalue weighted by Crippen LogP contribution is 2.31. The summed E-state index contributed by atoms with van der Waals surface area (Å²) >= 11 is 2.52. The van der Waals surface area contributed by atoms with E-state index in [-0.39, 0.29) is 30.3 Å². The van der Waals surface area contributed by atoms with Crippen LogP contribution in [0.3, 0.4) is 0 Å². The Labute approximate surface area is 169 Å². The van der Waals surface area contributed by atoms with Gasteiger partial charge in [-0.3, -0.25) is 19.0 Å². The number of nitrogens with one attached hydrogen (secondary N) is 1. The van der Waals surface area contributed by atoms with E-state index in [2.05, 4.69) is 16.9 Å². The molecule has 1 aromatic carbocycles. The number of amides is 2. The van der Waals surface area contributed by atoms with Crippen LogP contribution in [0, 0.1) is 0 Å². The van der Waals surface area contributed by atoms with Crippen LogP contribution >= 0.6 is 23.1 Å². The summed E-state index contributed by atoms with van der Waals surface area (Å²) in [5.74, 6) is -0.968. The minimum atomic E-state index is -0.617. The largest absolute Gasteiger partial charge is 0.368 e.